The van der Waals surface area contributed by atoms with E-state index in [0.717, 1.165) is 42.9 Å². The number of benzene rings is 1. The first-order valence-electron chi connectivity index (χ1n) is 10.1. The summed E-state index contributed by atoms with van der Waals surface area (Å²) < 4.78 is 23.5. The van der Waals surface area contributed by atoms with Crippen LogP contribution < -0.4 is 9.47 Å². The summed E-state index contributed by atoms with van der Waals surface area (Å²) in [5.74, 6) is 0.525. The van der Waals surface area contributed by atoms with Crippen LogP contribution in [0.3, 0.4) is 0 Å². The maximum atomic E-state index is 12.6. The van der Waals surface area contributed by atoms with Crippen molar-refractivity contribution in [3.05, 3.63) is 52.9 Å². The van der Waals surface area contributed by atoms with Gasteiger partial charge in [-0.3, -0.25) is 4.79 Å². The highest BCUT2D eigenvalue weighted by molar-refractivity contribution is 6.00. The molecule has 7 nitrogen and oxygen atoms in total. The Morgan fingerprint density at radius 2 is 2.03 bits per heavy atom. The average Bonchev–Trinajstić information content (AvgIpc) is 3.47. The molecule has 1 aromatic heterocycles. The van der Waals surface area contributed by atoms with E-state index in [1.807, 2.05) is 26.0 Å². The van der Waals surface area contributed by atoms with Crippen molar-refractivity contribution in [3.8, 4) is 11.5 Å². The fraction of sp³-hybridized carbons (Fsp3) is 0.391. The summed E-state index contributed by atoms with van der Waals surface area (Å²) in [5.41, 5.74) is 3.23. The van der Waals surface area contributed by atoms with Crippen LogP contribution in [0.25, 0.3) is 6.08 Å². The number of aromatic nitrogens is 1. The molecule has 1 fully saturated rings. The summed E-state index contributed by atoms with van der Waals surface area (Å²) in [4.78, 5) is 24.6. The molecule has 7 heteroatoms. The molecule has 0 radical (unpaired) electrons. The van der Waals surface area contributed by atoms with Crippen LogP contribution in [0.1, 0.15) is 40.2 Å². The van der Waals surface area contributed by atoms with Gasteiger partial charge in [0.15, 0.2) is 18.1 Å². The summed E-state index contributed by atoms with van der Waals surface area (Å²) in [7, 11) is 0. The molecule has 0 bridgehead atoms. The number of carbonyl (C=O) groups is 2. The molecule has 0 aliphatic carbocycles. The molecule has 0 spiro atoms. The number of Topliss-reactive ketones (excluding diaryl/α,β-unsaturated/α-hetero) is 1. The number of ether oxygens (including phenoxy) is 4. The van der Waals surface area contributed by atoms with Gasteiger partial charge in [0.25, 0.3) is 0 Å². The third-order valence-corrected chi connectivity index (χ3v) is 5.44. The summed E-state index contributed by atoms with van der Waals surface area (Å²) in [6, 6.07) is 7.22. The van der Waals surface area contributed by atoms with Gasteiger partial charge in [0.05, 0.1) is 6.10 Å². The van der Waals surface area contributed by atoms with Gasteiger partial charge in [-0.05, 0) is 56.5 Å². The van der Waals surface area contributed by atoms with Gasteiger partial charge in [0, 0.05) is 36.2 Å². The van der Waals surface area contributed by atoms with Crippen LogP contribution in [0.4, 0.5) is 0 Å². The van der Waals surface area contributed by atoms with Gasteiger partial charge in [0.1, 0.15) is 0 Å². The number of ketones is 1. The molecule has 0 saturated carbocycles. The zero-order chi connectivity index (χ0) is 21.1. The number of carbonyl (C=O) groups excluding carboxylic acids is 2. The number of nitrogens with zero attached hydrogens (tertiary/aromatic N) is 1. The quantitative estimate of drug-likeness (QED) is 0.395. The van der Waals surface area contributed by atoms with E-state index in [1.54, 1.807) is 18.2 Å². The van der Waals surface area contributed by atoms with Gasteiger partial charge in [-0.1, -0.05) is 6.07 Å². The SMILES string of the molecule is Cc1cc(C(=O)COC(=O)/C=C/c2ccc3c(c2)OCO3)c(C)n1C[C@@H]1CCCO1. The number of hydrogen-bond donors (Lipinski definition) is 0. The number of rotatable bonds is 7. The third-order valence-electron chi connectivity index (χ3n) is 5.44. The van der Waals surface area contributed by atoms with E-state index in [-0.39, 0.29) is 25.3 Å². The maximum Gasteiger partial charge on any atom is 0.331 e. The molecule has 158 valence electrons. The lowest BCUT2D eigenvalue weighted by molar-refractivity contribution is -0.136. The van der Waals surface area contributed by atoms with Crippen LogP contribution >= 0.6 is 0 Å². The minimum atomic E-state index is -0.575. The predicted molar refractivity (Wildman–Crippen MR) is 110 cm³/mol. The normalized spacial score (nSPS) is 17.6. The Morgan fingerprint density at radius 3 is 2.83 bits per heavy atom. The lowest BCUT2D eigenvalue weighted by Crippen LogP contribution is -2.18. The molecule has 4 rings (SSSR count). The Morgan fingerprint density at radius 1 is 1.20 bits per heavy atom. The molecule has 3 heterocycles. The van der Waals surface area contributed by atoms with Crippen molar-refractivity contribution in [1.29, 1.82) is 0 Å². The highest BCUT2D eigenvalue weighted by Crippen LogP contribution is 2.32. The second-order valence-corrected chi connectivity index (χ2v) is 7.51. The van der Waals surface area contributed by atoms with Gasteiger partial charge >= 0.3 is 5.97 Å². The van der Waals surface area contributed by atoms with E-state index < -0.39 is 5.97 Å². The minimum absolute atomic E-state index is 0.192. The third kappa shape index (κ3) is 4.41. The highest BCUT2D eigenvalue weighted by atomic mass is 16.7. The number of aryl methyl sites for hydroxylation is 1. The van der Waals surface area contributed by atoms with Gasteiger partial charge in [-0.15, -0.1) is 0 Å². The molecule has 0 amide bonds. The Hall–Kier alpha value is -3.06. The zero-order valence-electron chi connectivity index (χ0n) is 17.2. The van der Waals surface area contributed by atoms with Gasteiger partial charge in [-0.2, -0.15) is 0 Å². The van der Waals surface area contributed by atoms with E-state index in [0.29, 0.717) is 17.1 Å². The summed E-state index contributed by atoms with van der Waals surface area (Å²) in [5, 5.41) is 0. The topological polar surface area (TPSA) is 76.0 Å². The van der Waals surface area contributed by atoms with E-state index >= 15 is 0 Å². The van der Waals surface area contributed by atoms with Crippen LogP contribution in [-0.2, 0) is 20.8 Å². The van der Waals surface area contributed by atoms with Crippen LogP contribution in [0.15, 0.2) is 30.3 Å². The lowest BCUT2D eigenvalue weighted by Gasteiger charge is -2.14. The highest BCUT2D eigenvalue weighted by Gasteiger charge is 2.21. The van der Waals surface area contributed by atoms with E-state index in [9.17, 15) is 9.59 Å². The van der Waals surface area contributed by atoms with Crippen molar-refractivity contribution in [2.24, 2.45) is 0 Å². The molecule has 30 heavy (non-hydrogen) atoms. The molecular formula is C23H25NO6. The smallest absolute Gasteiger partial charge is 0.331 e. The monoisotopic (exact) mass is 411 g/mol. The lowest BCUT2D eigenvalue weighted by atomic mass is 10.1. The Balaban J connectivity index is 1.33. The van der Waals surface area contributed by atoms with E-state index in [2.05, 4.69) is 4.57 Å². The van der Waals surface area contributed by atoms with Crippen molar-refractivity contribution < 1.29 is 28.5 Å². The largest absolute Gasteiger partial charge is 0.454 e. The maximum absolute atomic E-state index is 12.6. The fourth-order valence-corrected chi connectivity index (χ4v) is 3.80. The fourth-order valence-electron chi connectivity index (χ4n) is 3.80. The molecule has 0 N–H and O–H groups in total. The van der Waals surface area contributed by atoms with Crippen molar-refractivity contribution >= 4 is 17.8 Å². The molecule has 2 aliphatic rings. The first-order valence-corrected chi connectivity index (χ1v) is 10.1. The molecule has 1 atom stereocenters. The van der Waals surface area contributed by atoms with Crippen LogP contribution in [-0.4, -0.2) is 42.4 Å². The molecule has 0 unspecified atom stereocenters. The van der Waals surface area contributed by atoms with Gasteiger partial charge < -0.3 is 23.5 Å². The number of esters is 1. The summed E-state index contributed by atoms with van der Waals surface area (Å²) in [6.07, 6.45) is 5.21. The average molecular weight is 411 g/mol. The number of hydrogen-bond acceptors (Lipinski definition) is 6. The molecular weight excluding hydrogens is 386 g/mol. The van der Waals surface area contributed by atoms with Gasteiger partial charge in [0.2, 0.25) is 12.6 Å². The number of fused-ring (bicyclic) bond motifs is 1. The standard InChI is InChI=1S/C23H25NO6/c1-15-10-19(16(2)24(15)12-18-4-3-9-27-18)20(25)13-28-23(26)8-6-17-5-7-21-22(11-17)30-14-29-21/h5-8,10-11,18H,3-4,9,12-14H2,1-2H3/b8-6+/t18-/m0/s1. The van der Waals surface area contributed by atoms with Crippen molar-refractivity contribution in [3.63, 3.8) is 0 Å². The van der Waals surface area contributed by atoms with Gasteiger partial charge in [-0.25, -0.2) is 4.79 Å². The Kier molecular flexibility index (Phi) is 5.90. The summed E-state index contributed by atoms with van der Waals surface area (Å²) >= 11 is 0. The van der Waals surface area contributed by atoms with Crippen molar-refractivity contribution in [2.45, 2.75) is 39.3 Å². The van der Waals surface area contributed by atoms with Crippen LogP contribution in [0.5, 0.6) is 11.5 Å². The van der Waals surface area contributed by atoms with Crippen molar-refractivity contribution in [1.82, 2.24) is 4.57 Å². The second kappa shape index (κ2) is 8.75. The molecule has 2 aromatic rings. The van der Waals surface area contributed by atoms with Crippen LogP contribution in [0, 0.1) is 13.8 Å². The van der Waals surface area contributed by atoms with Crippen LogP contribution in [0.2, 0.25) is 0 Å². The molecule has 2 aliphatic heterocycles. The van der Waals surface area contributed by atoms with Crippen molar-refractivity contribution in [2.75, 3.05) is 20.0 Å². The molecule has 1 aromatic carbocycles. The second-order valence-electron chi connectivity index (χ2n) is 7.51. The summed E-state index contributed by atoms with van der Waals surface area (Å²) in [6.45, 7) is 5.32. The predicted octanol–water partition coefficient (Wildman–Crippen LogP) is 3.45. The zero-order valence-corrected chi connectivity index (χ0v) is 17.2. The van der Waals surface area contributed by atoms with E-state index in [1.165, 1.54) is 6.08 Å². The van der Waals surface area contributed by atoms with E-state index in [4.69, 9.17) is 18.9 Å². The Labute approximate surface area is 175 Å². The minimum Gasteiger partial charge on any atom is -0.454 e. The first-order chi connectivity index (χ1) is 14.5. The molecule has 1 saturated heterocycles. The Bertz CT molecular complexity index is 984. The first kappa shape index (κ1) is 20.2.